The van der Waals surface area contributed by atoms with Gasteiger partial charge in [0.15, 0.2) is 0 Å². The highest BCUT2D eigenvalue weighted by Crippen LogP contribution is 2.51. The molecule has 1 aliphatic carbocycles. The minimum atomic E-state index is -4.60. The molecule has 0 bridgehead atoms. The molecule has 0 saturated heterocycles. The van der Waals surface area contributed by atoms with Crippen molar-refractivity contribution < 1.29 is 42.1 Å². The van der Waals surface area contributed by atoms with E-state index in [0.29, 0.717) is 29.0 Å². The third-order valence-electron chi connectivity index (χ3n) is 7.05. The normalized spacial score (nSPS) is 20.8. The molecule has 0 radical (unpaired) electrons. The Labute approximate surface area is 242 Å². The second kappa shape index (κ2) is 11.3. The Balaban J connectivity index is 1.59. The van der Waals surface area contributed by atoms with Gasteiger partial charge in [-0.05, 0) is 55.5 Å². The Kier molecular flexibility index (Phi) is 8.38. The van der Waals surface area contributed by atoms with Crippen LogP contribution in [0.25, 0.3) is 0 Å². The van der Waals surface area contributed by atoms with E-state index in [1.54, 1.807) is 31.2 Å². The van der Waals surface area contributed by atoms with Gasteiger partial charge in [-0.25, -0.2) is 9.37 Å². The van der Waals surface area contributed by atoms with E-state index in [9.17, 15) is 37.4 Å². The number of halogens is 6. The van der Waals surface area contributed by atoms with Gasteiger partial charge in [0, 0.05) is 16.8 Å². The zero-order valence-corrected chi connectivity index (χ0v) is 22.9. The number of hydrogen-bond acceptors (Lipinski definition) is 4. The SMILES string of the molecule is CC1=CC(Cc2ccc(COc3ncc(C(F)(F)F)cc3Cl)cc2)(C(=O)O)CC(C(=O)O)(c2c(F)cccc2Cl)C1. The lowest BCUT2D eigenvalue weighted by molar-refractivity contribution is -0.152. The molecule has 0 amide bonds. The molecule has 1 aromatic heterocycles. The largest absolute Gasteiger partial charge is 0.481 e. The van der Waals surface area contributed by atoms with Crippen LogP contribution in [0.2, 0.25) is 10.0 Å². The summed E-state index contributed by atoms with van der Waals surface area (Å²) < 4.78 is 58.9. The first-order valence-electron chi connectivity index (χ1n) is 12.2. The van der Waals surface area contributed by atoms with Crippen molar-refractivity contribution >= 4 is 35.1 Å². The second-order valence-electron chi connectivity index (χ2n) is 10.1. The number of nitrogens with zero attached hydrogens (tertiary/aromatic N) is 1. The quantitative estimate of drug-likeness (QED) is 0.202. The Morgan fingerprint density at radius 3 is 2.24 bits per heavy atom. The monoisotopic (exact) mass is 611 g/mol. The second-order valence-corrected chi connectivity index (χ2v) is 10.9. The molecule has 4 rings (SSSR count). The van der Waals surface area contributed by atoms with Crippen LogP contribution in [0.3, 0.4) is 0 Å². The van der Waals surface area contributed by atoms with Crippen LogP contribution in [0, 0.1) is 11.2 Å². The first-order valence-corrected chi connectivity index (χ1v) is 13.0. The molecule has 6 nitrogen and oxygen atoms in total. The Bertz CT molecular complexity index is 1510. The lowest BCUT2D eigenvalue weighted by Crippen LogP contribution is -2.48. The third kappa shape index (κ3) is 6.18. The molecule has 3 aromatic rings. The summed E-state index contributed by atoms with van der Waals surface area (Å²) >= 11 is 12.1. The van der Waals surface area contributed by atoms with Gasteiger partial charge in [-0.1, -0.05) is 65.2 Å². The number of alkyl halides is 3. The molecule has 1 heterocycles. The molecule has 0 fully saturated rings. The van der Waals surface area contributed by atoms with E-state index >= 15 is 0 Å². The highest BCUT2D eigenvalue weighted by atomic mass is 35.5. The standard InChI is InChI=1S/C29H23Cl2F4NO5/c1-16-10-27(25(37)38,15-28(11-16,26(39)40)23-20(30)3-2-4-22(23)32)12-17-5-7-18(8-6-17)14-41-24-21(31)9-19(13-36-24)29(33,34)35/h2-10,13H,11-12,14-15H2,1H3,(H,37,38)(H,39,40). The van der Waals surface area contributed by atoms with Crippen LogP contribution >= 0.6 is 23.2 Å². The molecule has 1 aliphatic rings. The van der Waals surface area contributed by atoms with E-state index in [2.05, 4.69) is 4.98 Å². The van der Waals surface area contributed by atoms with E-state index in [1.165, 1.54) is 18.2 Å². The molecule has 12 heteroatoms. The van der Waals surface area contributed by atoms with E-state index in [4.69, 9.17) is 27.9 Å². The topological polar surface area (TPSA) is 96.7 Å². The number of allylic oxidation sites excluding steroid dienone is 1. The van der Waals surface area contributed by atoms with Gasteiger partial charge in [0.25, 0.3) is 0 Å². The molecular formula is C29H23Cl2F4NO5. The van der Waals surface area contributed by atoms with Crippen molar-refractivity contribution in [2.45, 2.75) is 44.4 Å². The van der Waals surface area contributed by atoms with Gasteiger partial charge in [-0.2, -0.15) is 13.2 Å². The van der Waals surface area contributed by atoms with Crippen molar-refractivity contribution in [3.8, 4) is 5.88 Å². The van der Waals surface area contributed by atoms with Crippen molar-refractivity contribution in [2.24, 2.45) is 5.41 Å². The van der Waals surface area contributed by atoms with Gasteiger partial charge in [0.2, 0.25) is 5.88 Å². The first-order chi connectivity index (χ1) is 19.2. The van der Waals surface area contributed by atoms with Gasteiger partial charge in [0.1, 0.15) is 22.9 Å². The van der Waals surface area contributed by atoms with Crippen LogP contribution in [0.5, 0.6) is 5.88 Å². The number of carboxylic acids is 2. The lowest BCUT2D eigenvalue weighted by atomic mass is 9.59. The molecule has 2 unspecified atom stereocenters. The molecule has 216 valence electrons. The van der Waals surface area contributed by atoms with Crippen molar-refractivity contribution in [1.29, 1.82) is 0 Å². The average Bonchev–Trinajstić information content (AvgIpc) is 2.87. The smallest absolute Gasteiger partial charge is 0.417 e. The average molecular weight is 612 g/mol. The van der Waals surface area contributed by atoms with E-state index in [0.717, 1.165) is 6.07 Å². The Hall–Kier alpha value is -3.63. The van der Waals surface area contributed by atoms with Crippen LogP contribution in [0.4, 0.5) is 17.6 Å². The summed E-state index contributed by atoms with van der Waals surface area (Å²) in [6.45, 7) is 1.51. The minimum Gasteiger partial charge on any atom is -0.481 e. The Morgan fingerprint density at radius 1 is 1.02 bits per heavy atom. The van der Waals surface area contributed by atoms with Gasteiger partial charge in [-0.3, -0.25) is 9.59 Å². The number of benzene rings is 2. The molecular weight excluding hydrogens is 589 g/mol. The third-order valence-corrected chi connectivity index (χ3v) is 7.64. The molecule has 0 spiro atoms. The summed E-state index contributed by atoms with van der Waals surface area (Å²) in [5.41, 5.74) is -3.27. The number of pyridine rings is 1. The summed E-state index contributed by atoms with van der Waals surface area (Å²) in [4.78, 5) is 29.0. The maximum absolute atomic E-state index is 15.0. The van der Waals surface area contributed by atoms with Gasteiger partial charge < -0.3 is 14.9 Å². The van der Waals surface area contributed by atoms with Gasteiger partial charge in [0.05, 0.1) is 11.0 Å². The summed E-state index contributed by atoms with van der Waals surface area (Å²) in [6, 6.07) is 11.0. The molecule has 2 aromatic carbocycles. The molecule has 41 heavy (non-hydrogen) atoms. The Morgan fingerprint density at radius 2 is 1.68 bits per heavy atom. The number of carboxylic acid groups (broad SMARTS) is 2. The van der Waals surface area contributed by atoms with Crippen molar-refractivity contribution in [3.63, 3.8) is 0 Å². The number of rotatable bonds is 8. The predicted octanol–water partition coefficient (Wildman–Crippen LogP) is 7.50. The van der Waals surface area contributed by atoms with E-state index < -0.39 is 46.7 Å². The lowest BCUT2D eigenvalue weighted by Gasteiger charge is -2.42. The zero-order chi connectivity index (χ0) is 30.2. The maximum Gasteiger partial charge on any atom is 0.417 e. The van der Waals surface area contributed by atoms with Gasteiger partial charge >= 0.3 is 18.1 Å². The summed E-state index contributed by atoms with van der Waals surface area (Å²) in [7, 11) is 0. The first kappa shape index (κ1) is 30.3. The fourth-order valence-corrected chi connectivity index (χ4v) is 5.89. The van der Waals surface area contributed by atoms with E-state index in [-0.39, 0.29) is 40.9 Å². The number of aliphatic carboxylic acids is 2. The van der Waals surface area contributed by atoms with E-state index in [1.807, 2.05) is 0 Å². The van der Waals surface area contributed by atoms with Crippen LogP contribution < -0.4 is 4.74 Å². The van der Waals surface area contributed by atoms with Crippen molar-refractivity contribution in [3.05, 3.63) is 104 Å². The predicted molar refractivity (Wildman–Crippen MR) is 143 cm³/mol. The molecule has 2 N–H and O–H groups in total. The van der Waals surface area contributed by atoms with Gasteiger partial charge in [-0.15, -0.1) is 0 Å². The van der Waals surface area contributed by atoms with Crippen molar-refractivity contribution in [2.75, 3.05) is 0 Å². The molecule has 0 saturated carbocycles. The number of carbonyl (C=O) groups is 2. The summed E-state index contributed by atoms with van der Waals surface area (Å²) in [5.74, 6) is -3.68. The van der Waals surface area contributed by atoms with Crippen LogP contribution in [-0.4, -0.2) is 27.1 Å². The molecule has 2 atom stereocenters. The minimum absolute atomic E-state index is 0.0879. The van der Waals surface area contributed by atoms with Crippen LogP contribution in [-0.2, 0) is 34.2 Å². The molecule has 0 aliphatic heterocycles. The van der Waals surface area contributed by atoms with Crippen LogP contribution in [0.1, 0.15) is 42.0 Å². The highest BCUT2D eigenvalue weighted by Gasteiger charge is 2.55. The fraction of sp³-hybridized carbons (Fsp3) is 0.276. The highest BCUT2D eigenvalue weighted by molar-refractivity contribution is 6.32. The summed E-state index contributed by atoms with van der Waals surface area (Å²) in [6.07, 6.45) is -3.13. The number of aromatic nitrogens is 1. The fourth-order valence-electron chi connectivity index (χ4n) is 5.32. The number of ether oxygens (including phenoxy) is 1. The zero-order valence-electron chi connectivity index (χ0n) is 21.4. The van der Waals surface area contributed by atoms with Crippen LogP contribution in [0.15, 0.2) is 66.4 Å². The van der Waals surface area contributed by atoms with Crippen molar-refractivity contribution in [1.82, 2.24) is 4.98 Å². The summed E-state index contributed by atoms with van der Waals surface area (Å²) in [5, 5.41) is 20.3. The maximum atomic E-state index is 15.0. The number of hydrogen-bond donors (Lipinski definition) is 2.